The number of pyridine rings is 3. The molecule has 0 N–H and O–H groups in total. The zero-order valence-electron chi connectivity index (χ0n) is 23.2. The molecule has 0 saturated carbocycles. The van der Waals surface area contributed by atoms with E-state index in [4.69, 9.17) is 4.42 Å². The number of benzene rings is 3. The average Bonchev–Trinajstić information content (AvgIpc) is 3.49. The molecule has 0 aliphatic heterocycles. The van der Waals surface area contributed by atoms with Gasteiger partial charge in [0.2, 0.25) is 0 Å². The van der Waals surface area contributed by atoms with Gasteiger partial charge in [-0.25, -0.2) is 0 Å². The maximum absolute atomic E-state index is 6.08. The van der Waals surface area contributed by atoms with Crippen LogP contribution in [0.3, 0.4) is 0 Å². The fraction of sp³-hybridized carbons (Fsp3) is 0.0541. The minimum atomic E-state index is 0. The Morgan fingerprint density at radius 3 is 2.26 bits per heavy atom. The van der Waals surface area contributed by atoms with Crippen molar-refractivity contribution in [3.8, 4) is 45.0 Å². The first-order valence-electron chi connectivity index (χ1n) is 13.4. The minimum absolute atomic E-state index is 0. The van der Waals surface area contributed by atoms with E-state index in [0.717, 1.165) is 50.4 Å². The summed E-state index contributed by atoms with van der Waals surface area (Å²) in [6.45, 7) is 4.22. The normalized spacial score (nSPS) is 10.4. The van der Waals surface area contributed by atoms with Crippen LogP contribution in [0.4, 0.5) is 0 Å². The number of hydrogen-bond donors (Lipinski definition) is 0. The molecule has 0 aliphatic carbocycles. The molecular weight excluding hydrogens is 695 g/mol. The summed E-state index contributed by atoms with van der Waals surface area (Å²) in [4.78, 5) is 12.9. The quantitative estimate of drug-likeness (QED) is 0.170. The zero-order chi connectivity index (χ0) is 28.0. The maximum Gasteiger partial charge on any atom is 0.136 e. The molecule has 0 unspecified atom stereocenters. The molecule has 7 rings (SSSR count). The molecule has 42 heavy (non-hydrogen) atoms. The second kappa shape index (κ2) is 13.3. The number of furan rings is 1. The van der Waals surface area contributed by atoms with E-state index in [2.05, 4.69) is 71.3 Å². The molecule has 5 heteroatoms. The summed E-state index contributed by atoms with van der Waals surface area (Å²) in [6, 6.07) is 40.6. The number of aromatic nitrogens is 3. The average molecular weight is 722 g/mol. The van der Waals surface area contributed by atoms with Crippen LogP contribution in [0.2, 0.25) is 0 Å². The third-order valence-corrected chi connectivity index (χ3v) is 6.87. The topological polar surface area (TPSA) is 51.8 Å². The molecule has 7 aromatic rings. The van der Waals surface area contributed by atoms with E-state index < -0.39 is 0 Å². The molecule has 0 spiro atoms. The monoisotopic (exact) mass is 722 g/mol. The molecule has 207 valence electrons. The van der Waals surface area contributed by atoms with Gasteiger partial charge >= 0.3 is 0 Å². The summed E-state index contributed by atoms with van der Waals surface area (Å²) in [7, 11) is 0. The van der Waals surface area contributed by atoms with E-state index in [9.17, 15) is 0 Å². The Bertz CT molecular complexity index is 1870. The van der Waals surface area contributed by atoms with Crippen LogP contribution >= 0.6 is 0 Å². The van der Waals surface area contributed by atoms with Gasteiger partial charge in [-0.15, -0.1) is 71.3 Å². The summed E-state index contributed by atoms with van der Waals surface area (Å²) in [5.41, 5.74) is 10.5. The van der Waals surface area contributed by atoms with Gasteiger partial charge in [-0.2, -0.15) is 0 Å². The predicted octanol–water partition coefficient (Wildman–Crippen LogP) is 9.19. The minimum Gasteiger partial charge on any atom is -0.456 e. The standard InChI is InChI=1S/C26H19N2O.C11H8N.Ir/c1-17-10-12-28-24(13-17)20-6-3-5-19(14-20)22-8-9-25-23(18(22)2)15-26(29-25)21-7-4-11-27-16-21;1-2-6-10(7-3-1)11-8-4-5-9-12-11;/h3-5,7-16H,1-2H3;1-6,8-9H;/q2*-1;. The van der Waals surface area contributed by atoms with E-state index in [1.165, 1.54) is 16.7 Å². The molecule has 0 saturated heterocycles. The van der Waals surface area contributed by atoms with E-state index >= 15 is 0 Å². The fourth-order valence-corrected chi connectivity index (χ4v) is 4.75. The van der Waals surface area contributed by atoms with Crippen LogP contribution in [0.1, 0.15) is 11.1 Å². The second-order valence-corrected chi connectivity index (χ2v) is 9.70. The van der Waals surface area contributed by atoms with Crippen molar-refractivity contribution in [3.05, 3.63) is 151 Å². The van der Waals surface area contributed by atoms with Crippen molar-refractivity contribution in [2.75, 3.05) is 0 Å². The molecule has 0 aliphatic rings. The van der Waals surface area contributed by atoms with Crippen LogP contribution in [0.25, 0.3) is 55.9 Å². The molecular formula is C37H27IrN3O-2. The number of hydrogen-bond acceptors (Lipinski definition) is 4. The number of rotatable bonds is 4. The van der Waals surface area contributed by atoms with Crippen molar-refractivity contribution in [2.24, 2.45) is 0 Å². The third kappa shape index (κ3) is 6.44. The van der Waals surface area contributed by atoms with Gasteiger partial charge < -0.3 is 14.4 Å². The van der Waals surface area contributed by atoms with Gasteiger partial charge in [-0.3, -0.25) is 4.98 Å². The molecule has 4 heterocycles. The maximum atomic E-state index is 6.08. The van der Waals surface area contributed by atoms with Gasteiger partial charge in [0.25, 0.3) is 0 Å². The summed E-state index contributed by atoms with van der Waals surface area (Å²) >= 11 is 0. The largest absolute Gasteiger partial charge is 0.456 e. The van der Waals surface area contributed by atoms with Gasteiger partial charge in [-0.1, -0.05) is 29.8 Å². The van der Waals surface area contributed by atoms with E-state index in [1.54, 1.807) is 12.4 Å². The van der Waals surface area contributed by atoms with Gasteiger partial charge in [0.15, 0.2) is 0 Å². The second-order valence-electron chi connectivity index (χ2n) is 9.70. The van der Waals surface area contributed by atoms with Crippen LogP contribution in [0.15, 0.2) is 132 Å². The number of nitrogens with zero attached hydrogens (tertiary/aromatic N) is 3. The summed E-state index contributed by atoms with van der Waals surface area (Å²) < 4.78 is 6.08. The summed E-state index contributed by atoms with van der Waals surface area (Å²) in [5, 5.41) is 1.12. The van der Waals surface area contributed by atoms with Gasteiger partial charge in [0, 0.05) is 55.8 Å². The Labute approximate surface area is 259 Å². The van der Waals surface area contributed by atoms with Crippen molar-refractivity contribution in [3.63, 3.8) is 0 Å². The van der Waals surface area contributed by atoms with Crippen LogP contribution < -0.4 is 0 Å². The van der Waals surface area contributed by atoms with E-state index in [-0.39, 0.29) is 20.1 Å². The molecule has 0 atom stereocenters. The van der Waals surface area contributed by atoms with Crippen molar-refractivity contribution in [2.45, 2.75) is 13.8 Å². The Morgan fingerprint density at radius 1 is 0.643 bits per heavy atom. The van der Waals surface area contributed by atoms with Crippen LogP contribution in [-0.4, -0.2) is 15.0 Å². The molecule has 0 fully saturated rings. The molecule has 3 aromatic carbocycles. The number of aryl methyl sites for hydroxylation is 2. The number of fused-ring (bicyclic) bond motifs is 1. The molecule has 0 bridgehead atoms. The van der Waals surface area contributed by atoms with Gasteiger partial charge in [-0.05, 0) is 72.8 Å². The first-order chi connectivity index (χ1) is 20.2. The van der Waals surface area contributed by atoms with E-state index in [0.29, 0.717) is 0 Å². The van der Waals surface area contributed by atoms with Crippen molar-refractivity contribution in [1.29, 1.82) is 0 Å². The molecule has 4 nitrogen and oxygen atoms in total. The molecule has 0 amide bonds. The van der Waals surface area contributed by atoms with Gasteiger partial charge in [0.1, 0.15) is 11.3 Å². The first kappa shape index (κ1) is 28.8. The third-order valence-electron chi connectivity index (χ3n) is 6.87. The SMILES string of the molecule is Cc1ccnc(-c2[c-]ccc(-c3ccc4oc(-c5cccnc5)cc4c3C)c2)c1.[Ir].[c-]1ccccc1-c1ccccn1. The fourth-order valence-electron chi connectivity index (χ4n) is 4.75. The Balaban J connectivity index is 0.000000228. The van der Waals surface area contributed by atoms with Crippen molar-refractivity contribution < 1.29 is 24.5 Å². The summed E-state index contributed by atoms with van der Waals surface area (Å²) in [5.74, 6) is 0.833. The van der Waals surface area contributed by atoms with Crippen LogP contribution in [-0.2, 0) is 20.1 Å². The van der Waals surface area contributed by atoms with Crippen molar-refractivity contribution in [1.82, 2.24) is 15.0 Å². The Morgan fingerprint density at radius 2 is 1.50 bits per heavy atom. The smallest absolute Gasteiger partial charge is 0.136 e. The molecule has 1 radical (unpaired) electrons. The first-order valence-corrected chi connectivity index (χ1v) is 13.4. The molecule has 4 aromatic heterocycles. The van der Waals surface area contributed by atoms with E-state index in [1.807, 2.05) is 85.2 Å². The van der Waals surface area contributed by atoms with Crippen molar-refractivity contribution >= 4 is 11.0 Å². The predicted molar refractivity (Wildman–Crippen MR) is 165 cm³/mol. The van der Waals surface area contributed by atoms with Crippen LogP contribution in [0, 0.1) is 26.0 Å². The summed E-state index contributed by atoms with van der Waals surface area (Å²) in [6.07, 6.45) is 7.22. The van der Waals surface area contributed by atoms with Gasteiger partial charge in [0.05, 0.1) is 0 Å². The Kier molecular flexibility index (Phi) is 9.13. The van der Waals surface area contributed by atoms with Crippen LogP contribution in [0.5, 0.6) is 0 Å². The zero-order valence-corrected chi connectivity index (χ0v) is 25.6. The Hall–Kier alpha value is -4.70.